The lowest BCUT2D eigenvalue weighted by Gasteiger charge is -2.40. The molecule has 1 N–H and O–H groups in total. The van der Waals surface area contributed by atoms with Crippen LogP contribution in [-0.2, 0) is 4.79 Å². The molecule has 2 rings (SSSR count). The second-order valence-electron chi connectivity index (χ2n) is 4.44. The molecule has 2 aliphatic heterocycles. The maximum atomic E-state index is 11.2. The average molecular weight is 241 g/mol. The number of amidine groups is 1. The minimum atomic E-state index is 0.182. The number of nitrogens with one attached hydrogen (secondary N) is 1. The maximum absolute atomic E-state index is 11.2. The highest BCUT2D eigenvalue weighted by molar-refractivity contribution is 8.13. The molecule has 0 radical (unpaired) electrons. The van der Waals surface area contributed by atoms with E-state index in [1.807, 2.05) is 4.90 Å². The van der Waals surface area contributed by atoms with E-state index in [1.165, 1.54) is 6.42 Å². The zero-order chi connectivity index (χ0) is 11.5. The van der Waals surface area contributed by atoms with Crippen molar-refractivity contribution < 1.29 is 4.79 Å². The van der Waals surface area contributed by atoms with Gasteiger partial charge in [0, 0.05) is 38.4 Å². The lowest BCUT2D eigenvalue weighted by molar-refractivity contribution is -0.130. The first-order chi connectivity index (χ1) is 7.68. The van der Waals surface area contributed by atoms with Crippen molar-refractivity contribution in [1.82, 2.24) is 9.80 Å². The third-order valence-electron chi connectivity index (χ3n) is 3.39. The molecule has 0 aromatic rings. The summed E-state index contributed by atoms with van der Waals surface area (Å²) in [6.07, 6.45) is 3.21. The molecular weight excluding hydrogens is 222 g/mol. The summed E-state index contributed by atoms with van der Waals surface area (Å²) in [6, 6.07) is 0.482. The van der Waals surface area contributed by atoms with Gasteiger partial charge in [-0.15, -0.1) is 0 Å². The molecule has 16 heavy (non-hydrogen) atoms. The quantitative estimate of drug-likeness (QED) is 0.754. The fourth-order valence-corrected chi connectivity index (χ4v) is 3.30. The summed E-state index contributed by atoms with van der Waals surface area (Å²) >= 11 is 1.66. The van der Waals surface area contributed by atoms with E-state index in [0.29, 0.717) is 6.04 Å². The molecule has 0 aromatic carbocycles. The van der Waals surface area contributed by atoms with Crippen molar-refractivity contribution in [3.8, 4) is 0 Å². The van der Waals surface area contributed by atoms with Gasteiger partial charge in [0.05, 0.1) is 0 Å². The number of piperidine rings is 1. The van der Waals surface area contributed by atoms with Crippen LogP contribution in [0.15, 0.2) is 0 Å². The molecule has 0 aromatic heterocycles. The van der Waals surface area contributed by atoms with Gasteiger partial charge in [0.25, 0.3) is 0 Å². The number of rotatable bonds is 1. The molecule has 0 bridgehead atoms. The number of likely N-dealkylation sites (tertiary alicyclic amines) is 1. The number of thioether (sulfide) groups is 1. The van der Waals surface area contributed by atoms with E-state index in [1.54, 1.807) is 18.7 Å². The highest BCUT2D eigenvalue weighted by atomic mass is 32.2. The van der Waals surface area contributed by atoms with Crippen LogP contribution in [0, 0.1) is 5.41 Å². The Bertz CT molecular complexity index is 287. The summed E-state index contributed by atoms with van der Waals surface area (Å²) in [7, 11) is 0. The molecular formula is C11H19N3OS. The zero-order valence-corrected chi connectivity index (χ0v) is 10.6. The van der Waals surface area contributed by atoms with Crippen molar-refractivity contribution in [1.29, 1.82) is 5.41 Å². The molecule has 4 nitrogen and oxygen atoms in total. The summed E-state index contributed by atoms with van der Waals surface area (Å²) in [4.78, 5) is 15.4. The number of hydrogen-bond acceptors (Lipinski definition) is 3. The third-order valence-corrected chi connectivity index (χ3v) is 4.39. The molecule has 0 atom stereocenters. The van der Waals surface area contributed by atoms with E-state index in [0.717, 1.165) is 43.4 Å². The number of nitrogens with zero attached hydrogens (tertiary/aromatic N) is 2. The largest absolute Gasteiger partial charge is 0.349 e. The van der Waals surface area contributed by atoms with Crippen molar-refractivity contribution in [3.63, 3.8) is 0 Å². The molecule has 0 spiro atoms. The van der Waals surface area contributed by atoms with Gasteiger partial charge in [0.2, 0.25) is 5.91 Å². The Hall–Kier alpha value is -0.710. The van der Waals surface area contributed by atoms with Gasteiger partial charge in [-0.3, -0.25) is 10.2 Å². The monoisotopic (exact) mass is 241 g/mol. The van der Waals surface area contributed by atoms with Crippen LogP contribution >= 0.6 is 11.8 Å². The number of carbonyl (C=O) groups excluding carboxylic acids is 1. The molecule has 1 amide bonds. The molecule has 5 heteroatoms. The SMILES string of the molecule is CC(=O)N1CCC(N2CCCSC2=N)CC1. The molecule has 0 saturated carbocycles. The first kappa shape index (κ1) is 11.8. The van der Waals surface area contributed by atoms with Gasteiger partial charge in [-0.05, 0) is 19.3 Å². The van der Waals surface area contributed by atoms with Crippen LogP contribution < -0.4 is 0 Å². The van der Waals surface area contributed by atoms with Crippen LogP contribution in [0.3, 0.4) is 0 Å². The molecule has 2 fully saturated rings. The minimum Gasteiger partial charge on any atom is -0.349 e. The lowest BCUT2D eigenvalue weighted by atomic mass is 10.0. The van der Waals surface area contributed by atoms with Crippen molar-refractivity contribution >= 4 is 22.8 Å². The Balaban J connectivity index is 1.88. The second-order valence-corrected chi connectivity index (χ2v) is 5.52. The summed E-state index contributed by atoms with van der Waals surface area (Å²) in [5.41, 5.74) is 0. The van der Waals surface area contributed by atoms with E-state index < -0.39 is 0 Å². The van der Waals surface area contributed by atoms with Gasteiger partial charge in [-0.2, -0.15) is 0 Å². The van der Waals surface area contributed by atoms with E-state index in [2.05, 4.69) is 4.90 Å². The maximum Gasteiger partial charge on any atom is 0.219 e. The Morgan fingerprint density at radius 1 is 1.38 bits per heavy atom. The first-order valence-electron chi connectivity index (χ1n) is 5.92. The number of hydrogen-bond donors (Lipinski definition) is 1. The van der Waals surface area contributed by atoms with Crippen LogP contribution in [-0.4, -0.2) is 52.3 Å². The topological polar surface area (TPSA) is 47.4 Å². The number of carbonyl (C=O) groups is 1. The predicted octanol–water partition coefficient (Wildman–Crippen LogP) is 1.37. The first-order valence-corrected chi connectivity index (χ1v) is 6.90. The number of amides is 1. The van der Waals surface area contributed by atoms with Crippen LogP contribution in [0.1, 0.15) is 26.2 Å². The van der Waals surface area contributed by atoms with E-state index in [4.69, 9.17) is 5.41 Å². The summed E-state index contributed by atoms with van der Waals surface area (Å²) in [6.45, 7) is 4.37. The van der Waals surface area contributed by atoms with Gasteiger partial charge in [-0.25, -0.2) is 0 Å². The van der Waals surface area contributed by atoms with Gasteiger partial charge in [0.1, 0.15) is 0 Å². The summed E-state index contributed by atoms with van der Waals surface area (Å²) < 4.78 is 0. The molecule has 2 aliphatic rings. The summed E-state index contributed by atoms with van der Waals surface area (Å²) in [5.74, 6) is 1.27. The van der Waals surface area contributed by atoms with Gasteiger partial charge in [-0.1, -0.05) is 11.8 Å². The predicted molar refractivity (Wildman–Crippen MR) is 66.8 cm³/mol. The Kier molecular flexibility index (Phi) is 3.74. The second kappa shape index (κ2) is 5.08. The van der Waals surface area contributed by atoms with Crippen LogP contribution in [0.4, 0.5) is 0 Å². The summed E-state index contributed by atoms with van der Waals surface area (Å²) in [5, 5.41) is 8.65. The van der Waals surface area contributed by atoms with Crippen molar-refractivity contribution in [3.05, 3.63) is 0 Å². The van der Waals surface area contributed by atoms with Crippen molar-refractivity contribution in [2.75, 3.05) is 25.4 Å². The molecule has 0 unspecified atom stereocenters. The van der Waals surface area contributed by atoms with Crippen molar-refractivity contribution in [2.45, 2.75) is 32.2 Å². The molecule has 0 aliphatic carbocycles. The normalized spacial score (nSPS) is 23.7. The fraction of sp³-hybridized carbons (Fsp3) is 0.818. The molecule has 2 saturated heterocycles. The molecule has 2 heterocycles. The lowest BCUT2D eigenvalue weighted by Crippen LogP contribution is -2.49. The van der Waals surface area contributed by atoms with Crippen LogP contribution in [0.25, 0.3) is 0 Å². The van der Waals surface area contributed by atoms with E-state index in [-0.39, 0.29) is 5.91 Å². The standard InChI is InChI=1S/C11H19N3OS/c1-9(15)13-6-3-10(4-7-13)14-5-2-8-16-11(14)12/h10,12H,2-8H2,1H3. The smallest absolute Gasteiger partial charge is 0.219 e. The Morgan fingerprint density at radius 2 is 2.06 bits per heavy atom. The Morgan fingerprint density at radius 3 is 2.62 bits per heavy atom. The minimum absolute atomic E-state index is 0.182. The highest BCUT2D eigenvalue weighted by Gasteiger charge is 2.28. The zero-order valence-electron chi connectivity index (χ0n) is 9.74. The van der Waals surface area contributed by atoms with Gasteiger partial charge in [0.15, 0.2) is 5.17 Å². The van der Waals surface area contributed by atoms with Gasteiger partial charge >= 0.3 is 0 Å². The van der Waals surface area contributed by atoms with Gasteiger partial charge < -0.3 is 9.80 Å². The van der Waals surface area contributed by atoms with Crippen LogP contribution in [0.5, 0.6) is 0 Å². The Labute approximate surface area is 101 Å². The van der Waals surface area contributed by atoms with E-state index in [9.17, 15) is 4.79 Å². The van der Waals surface area contributed by atoms with Crippen LogP contribution in [0.2, 0.25) is 0 Å². The van der Waals surface area contributed by atoms with Crippen molar-refractivity contribution in [2.24, 2.45) is 0 Å². The highest BCUT2D eigenvalue weighted by Crippen LogP contribution is 2.24. The van der Waals surface area contributed by atoms with E-state index >= 15 is 0 Å². The third kappa shape index (κ3) is 2.51. The average Bonchev–Trinajstić information content (AvgIpc) is 2.30. The fourth-order valence-electron chi connectivity index (χ4n) is 2.43. The molecule has 90 valence electrons.